The molecule has 0 radical (unpaired) electrons. The van der Waals surface area contributed by atoms with Crippen molar-refractivity contribution < 1.29 is 14.4 Å². The van der Waals surface area contributed by atoms with Gasteiger partial charge in [-0.25, -0.2) is 0 Å². The number of carbonyl (C=O) groups excluding carboxylic acids is 1. The van der Waals surface area contributed by atoms with E-state index in [0.29, 0.717) is 5.69 Å². The van der Waals surface area contributed by atoms with Crippen LogP contribution in [0.4, 0.5) is 0 Å². The van der Waals surface area contributed by atoms with Crippen LogP contribution in [0.3, 0.4) is 0 Å². The summed E-state index contributed by atoms with van der Waals surface area (Å²) in [6.45, 7) is 6.78. The highest BCUT2D eigenvalue weighted by atomic mass is 16.5. The Morgan fingerprint density at radius 1 is 1.19 bits per heavy atom. The van der Waals surface area contributed by atoms with Crippen LogP contribution in [0, 0.1) is 0 Å². The van der Waals surface area contributed by atoms with Crippen molar-refractivity contribution >= 4 is 5.91 Å². The maximum absolute atomic E-state index is 12.2. The SMILES string of the molecule is CC(C)(O)C(C)(C)NC(=O)c1cc(-c2ccccc2)no1. The van der Waals surface area contributed by atoms with Crippen LogP contribution in [-0.4, -0.2) is 27.3 Å². The smallest absolute Gasteiger partial charge is 0.290 e. The fourth-order valence-corrected chi connectivity index (χ4v) is 1.63. The van der Waals surface area contributed by atoms with Crippen LogP contribution in [0.1, 0.15) is 38.2 Å². The first-order valence-electron chi connectivity index (χ1n) is 6.78. The van der Waals surface area contributed by atoms with Gasteiger partial charge in [0.2, 0.25) is 5.76 Å². The van der Waals surface area contributed by atoms with Gasteiger partial charge in [0.15, 0.2) is 0 Å². The average molecular weight is 288 g/mol. The summed E-state index contributed by atoms with van der Waals surface area (Å²) in [4.78, 5) is 12.2. The first kappa shape index (κ1) is 15.3. The van der Waals surface area contributed by atoms with E-state index in [1.54, 1.807) is 33.8 Å². The highest BCUT2D eigenvalue weighted by Crippen LogP contribution is 2.22. The Labute approximate surface area is 124 Å². The molecule has 0 saturated heterocycles. The molecule has 0 atom stereocenters. The van der Waals surface area contributed by atoms with E-state index in [4.69, 9.17) is 4.52 Å². The molecule has 2 aromatic rings. The normalized spacial score (nSPS) is 12.2. The maximum atomic E-state index is 12.2. The van der Waals surface area contributed by atoms with Crippen molar-refractivity contribution in [2.24, 2.45) is 0 Å². The van der Waals surface area contributed by atoms with Crippen molar-refractivity contribution in [1.82, 2.24) is 10.5 Å². The second-order valence-corrected chi connectivity index (χ2v) is 6.08. The third kappa shape index (κ3) is 3.31. The zero-order valence-electron chi connectivity index (χ0n) is 12.7. The Balaban J connectivity index is 2.17. The second kappa shape index (κ2) is 5.33. The zero-order chi connectivity index (χ0) is 15.7. The maximum Gasteiger partial charge on any atom is 0.290 e. The topological polar surface area (TPSA) is 75.4 Å². The van der Waals surface area contributed by atoms with Gasteiger partial charge in [-0.1, -0.05) is 35.5 Å². The standard InChI is InChI=1S/C16H20N2O3/c1-15(2,16(3,4)20)17-14(19)13-10-12(18-21-13)11-8-6-5-7-9-11/h5-10,20H,1-4H3,(H,17,19). The van der Waals surface area contributed by atoms with Gasteiger partial charge in [-0.3, -0.25) is 4.79 Å². The van der Waals surface area contributed by atoms with Crippen molar-refractivity contribution in [3.8, 4) is 11.3 Å². The predicted octanol–water partition coefficient (Wildman–Crippen LogP) is 2.62. The number of amides is 1. The molecule has 0 saturated carbocycles. The lowest BCUT2D eigenvalue weighted by molar-refractivity contribution is -0.00353. The molecule has 0 aliphatic heterocycles. The minimum Gasteiger partial charge on any atom is -0.388 e. The van der Waals surface area contributed by atoms with Gasteiger partial charge in [-0.2, -0.15) is 0 Å². The lowest BCUT2D eigenvalue weighted by Gasteiger charge is -2.37. The lowest BCUT2D eigenvalue weighted by atomic mass is 9.86. The molecule has 5 nitrogen and oxygen atoms in total. The highest BCUT2D eigenvalue weighted by molar-refractivity contribution is 5.92. The molecule has 1 aromatic carbocycles. The van der Waals surface area contributed by atoms with Crippen LogP contribution in [0.2, 0.25) is 0 Å². The van der Waals surface area contributed by atoms with Crippen molar-refractivity contribution in [2.45, 2.75) is 38.8 Å². The van der Waals surface area contributed by atoms with Gasteiger partial charge in [0, 0.05) is 11.6 Å². The molecule has 5 heteroatoms. The predicted molar refractivity (Wildman–Crippen MR) is 79.8 cm³/mol. The number of benzene rings is 1. The summed E-state index contributed by atoms with van der Waals surface area (Å²) < 4.78 is 5.10. The number of nitrogens with zero attached hydrogens (tertiary/aromatic N) is 1. The fraction of sp³-hybridized carbons (Fsp3) is 0.375. The Bertz CT molecular complexity index is 624. The Hall–Kier alpha value is -2.14. The van der Waals surface area contributed by atoms with Crippen molar-refractivity contribution in [3.63, 3.8) is 0 Å². The van der Waals surface area contributed by atoms with E-state index in [1.165, 1.54) is 0 Å². The molecule has 0 spiro atoms. The molecule has 2 N–H and O–H groups in total. The number of aromatic nitrogens is 1. The van der Waals surface area contributed by atoms with E-state index in [0.717, 1.165) is 5.56 Å². The van der Waals surface area contributed by atoms with E-state index in [-0.39, 0.29) is 5.76 Å². The van der Waals surface area contributed by atoms with Gasteiger partial charge in [-0.05, 0) is 27.7 Å². The Kier molecular flexibility index (Phi) is 3.87. The van der Waals surface area contributed by atoms with Gasteiger partial charge >= 0.3 is 0 Å². The third-order valence-electron chi connectivity index (χ3n) is 3.76. The van der Waals surface area contributed by atoms with E-state index >= 15 is 0 Å². The first-order chi connectivity index (χ1) is 9.71. The summed E-state index contributed by atoms with van der Waals surface area (Å²) in [7, 11) is 0. The third-order valence-corrected chi connectivity index (χ3v) is 3.76. The Morgan fingerprint density at radius 2 is 1.81 bits per heavy atom. The van der Waals surface area contributed by atoms with Crippen molar-refractivity contribution in [3.05, 3.63) is 42.2 Å². The summed E-state index contributed by atoms with van der Waals surface area (Å²) in [5, 5.41) is 16.7. The second-order valence-electron chi connectivity index (χ2n) is 6.08. The van der Waals surface area contributed by atoms with Gasteiger partial charge in [-0.15, -0.1) is 0 Å². The molecule has 112 valence electrons. The van der Waals surface area contributed by atoms with Crippen LogP contribution >= 0.6 is 0 Å². The minimum absolute atomic E-state index is 0.117. The average Bonchev–Trinajstić information content (AvgIpc) is 2.87. The molecule has 0 aliphatic rings. The van der Waals surface area contributed by atoms with Gasteiger partial charge in [0.1, 0.15) is 5.69 Å². The molecule has 2 rings (SSSR count). The van der Waals surface area contributed by atoms with Gasteiger partial charge < -0.3 is 14.9 Å². The van der Waals surface area contributed by atoms with E-state index < -0.39 is 17.0 Å². The van der Waals surface area contributed by atoms with Gasteiger partial charge in [0.05, 0.1) is 11.1 Å². The molecule has 21 heavy (non-hydrogen) atoms. The van der Waals surface area contributed by atoms with Crippen LogP contribution in [0.25, 0.3) is 11.3 Å². The quantitative estimate of drug-likeness (QED) is 0.906. The lowest BCUT2D eigenvalue weighted by Crippen LogP contribution is -2.57. The summed E-state index contributed by atoms with van der Waals surface area (Å²) in [5.74, 6) is -0.289. The Morgan fingerprint density at radius 3 is 2.38 bits per heavy atom. The number of carbonyl (C=O) groups is 1. The van der Waals surface area contributed by atoms with Crippen LogP contribution in [0.15, 0.2) is 40.9 Å². The monoisotopic (exact) mass is 288 g/mol. The number of nitrogens with one attached hydrogen (secondary N) is 1. The minimum atomic E-state index is -1.06. The van der Waals surface area contributed by atoms with E-state index in [1.807, 2.05) is 30.3 Å². The highest BCUT2D eigenvalue weighted by Gasteiger charge is 2.37. The zero-order valence-corrected chi connectivity index (χ0v) is 12.7. The molecule has 1 amide bonds. The molecular weight excluding hydrogens is 268 g/mol. The number of hydrogen-bond acceptors (Lipinski definition) is 4. The summed E-state index contributed by atoms with van der Waals surface area (Å²) >= 11 is 0. The van der Waals surface area contributed by atoms with Crippen LogP contribution in [0.5, 0.6) is 0 Å². The number of rotatable bonds is 4. The fourth-order valence-electron chi connectivity index (χ4n) is 1.63. The van der Waals surface area contributed by atoms with Crippen LogP contribution in [-0.2, 0) is 0 Å². The number of hydrogen-bond donors (Lipinski definition) is 2. The van der Waals surface area contributed by atoms with Gasteiger partial charge in [0.25, 0.3) is 5.91 Å². The molecule has 1 heterocycles. The summed E-state index contributed by atoms with van der Waals surface area (Å²) in [6, 6.07) is 11.1. The number of aliphatic hydroxyl groups is 1. The van der Waals surface area contributed by atoms with Crippen molar-refractivity contribution in [2.75, 3.05) is 0 Å². The molecule has 0 fully saturated rings. The van der Waals surface area contributed by atoms with E-state index in [2.05, 4.69) is 10.5 Å². The molecule has 0 bridgehead atoms. The van der Waals surface area contributed by atoms with E-state index in [9.17, 15) is 9.90 Å². The molecule has 0 unspecified atom stereocenters. The van der Waals surface area contributed by atoms with Crippen molar-refractivity contribution in [1.29, 1.82) is 0 Å². The molecule has 0 aliphatic carbocycles. The summed E-state index contributed by atoms with van der Waals surface area (Å²) in [5.41, 5.74) is -0.391. The largest absolute Gasteiger partial charge is 0.388 e. The van der Waals surface area contributed by atoms with Crippen LogP contribution < -0.4 is 5.32 Å². The molecular formula is C16H20N2O3. The summed E-state index contributed by atoms with van der Waals surface area (Å²) in [6.07, 6.45) is 0. The first-order valence-corrected chi connectivity index (χ1v) is 6.78. The molecule has 1 aromatic heterocycles.